The Bertz CT molecular complexity index is 590. The van der Waals surface area contributed by atoms with Crippen molar-refractivity contribution in [2.24, 2.45) is 0 Å². The number of hydrogen-bond donors (Lipinski definition) is 2. The molecule has 0 spiro atoms. The van der Waals surface area contributed by atoms with E-state index in [0.29, 0.717) is 18.7 Å². The van der Waals surface area contributed by atoms with Crippen LogP contribution in [0.15, 0.2) is 35.1 Å². The number of benzene rings is 1. The molecular formula is C14H17N3O2. The third-order valence-electron chi connectivity index (χ3n) is 2.71. The molecule has 5 heteroatoms. The molecule has 0 aliphatic rings. The van der Waals surface area contributed by atoms with E-state index in [0.717, 1.165) is 17.0 Å². The molecule has 0 bridgehead atoms. The average Bonchev–Trinajstić information content (AvgIpc) is 2.43. The quantitative estimate of drug-likeness (QED) is 0.855. The van der Waals surface area contributed by atoms with Gasteiger partial charge < -0.3 is 10.1 Å². The number of ether oxygens (including phenoxy) is 1. The summed E-state index contributed by atoms with van der Waals surface area (Å²) >= 11 is 0. The molecule has 0 aliphatic carbocycles. The molecule has 1 aromatic carbocycles. The fourth-order valence-electron chi connectivity index (χ4n) is 1.80. The SMILES string of the molecule is CCOc1ccc(-c2cc(CNC)c(=O)[nH]n2)cc1. The van der Waals surface area contributed by atoms with Gasteiger partial charge in [-0.15, -0.1) is 0 Å². The third-order valence-corrected chi connectivity index (χ3v) is 2.71. The molecule has 5 nitrogen and oxygen atoms in total. The van der Waals surface area contributed by atoms with Gasteiger partial charge in [0.05, 0.1) is 12.3 Å². The molecular weight excluding hydrogens is 242 g/mol. The van der Waals surface area contributed by atoms with Crippen LogP contribution in [0.2, 0.25) is 0 Å². The summed E-state index contributed by atoms with van der Waals surface area (Å²) in [6.07, 6.45) is 0. The van der Waals surface area contributed by atoms with Gasteiger partial charge in [0.15, 0.2) is 0 Å². The molecule has 0 radical (unpaired) electrons. The monoisotopic (exact) mass is 259 g/mol. The van der Waals surface area contributed by atoms with Crippen molar-refractivity contribution >= 4 is 0 Å². The summed E-state index contributed by atoms with van der Waals surface area (Å²) in [5, 5.41) is 9.54. The van der Waals surface area contributed by atoms with Gasteiger partial charge in [0.25, 0.3) is 5.56 Å². The van der Waals surface area contributed by atoms with Gasteiger partial charge in [-0.3, -0.25) is 4.79 Å². The molecule has 0 amide bonds. The Kier molecular flexibility index (Phi) is 4.30. The molecule has 0 atom stereocenters. The Morgan fingerprint density at radius 1 is 1.32 bits per heavy atom. The first-order valence-electron chi connectivity index (χ1n) is 6.21. The summed E-state index contributed by atoms with van der Waals surface area (Å²) in [6.45, 7) is 3.10. The van der Waals surface area contributed by atoms with Crippen LogP contribution in [0.5, 0.6) is 5.75 Å². The van der Waals surface area contributed by atoms with Crippen LogP contribution < -0.4 is 15.6 Å². The second kappa shape index (κ2) is 6.15. The van der Waals surface area contributed by atoms with Gasteiger partial charge in [0.1, 0.15) is 5.75 Å². The van der Waals surface area contributed by atoms with Gasteiger partial charge in [-0.1, -0.05) is 0 Å². The van der Waals surface area contributed by atoms with Crippen LogP contribution in [-0.2, 0) is 6.54 Å². The Morgan fingerprint density at radius 2 is 2.05 bits per heavy atom. The van der Waals surface area contributed by atoms with E-state index in [1.165, 1.54) is 0 Å². The standard InChI is InChI=1S/C14H17N3O2/c1-3-19-12-6-4-10(5-7-12)13-8-11(9-15-2)14(18)17-16-13/h4-8,15H,3,9H2,1-2H3,(H,17,18). The first-order valence-corrected chi connectivity index (χ1v) is 6.21. The van der Waals surface area contributed by atoms with Gasteiger partial charge in [0.2, 0.25) is 0 Å². The molecule has 0 saturated heterocycles. The topological polar surface area (TPSA) is 67.0 Å². The summed E-state index contributed by atoms with van der Waals surface area (Å²) in [4.78, 5) is 11.6. The smallest absolute Gasteiger partial charge is 0.268 e. The van der Waals surface area contributed by atoms with E-state index in [4.69, 9.17) is 4.74 Å². The van der Waals surface area contributed by atoms with Crippen LogP contribution >= 0.6 is 0 Å². The lowest BCUT2D eigenvalue weighted by Crippen LogP contribution is -2.19. The third kappa shape index (κ3) is 3.20. The maximum Gasteiger partial charge on any atom is 0.268 e. The van der Waals surface area contributed by atoms with Crippen LogP contribution in [0.25, 0.3) is 11.3 Å². The highest BCUT2D eigenvalue weighted by molar-refractivity contribution is 5.60. The second-order valence-corrected chi connectivity index (χ2v) is 4.10. The normalized spacial score (nSPS) is 10.4. The van der Waals surface area contributed by atoms with E-state index in [2.05, 4.69) is 15.5 Å². The van der Waals surface area contributed by atoms with E-state index in [9.17, 15) is 4.79 Å². The minimum Gasteiger partial charge on any atom is -0.494 e. The summed E-state index contributed by atoms with van der Waals surface area (Å²) in [7, 11) is 1.80. The molecule has 2 aromatic rings. The van der Waals surface area contributed by atoms with Crippen LogP contribution in [0.4, 0.5) is 0 Å². The number of aromatic amines is 1. The van der Waals surface area contributed by atoms with Crippen molar-refractivity contribution in [3.05, 3.63) is 46.2 Å². The Hall–Kier alpha value is -2.14. The van der Waals surface area contributed by atoms with Crippen molar-refractivity contribution < 1.29 is 4.74 Å². The first kappa shape index (κ1) is 13.3. The summed E-state index contributed by atoms with van der Waals surface area (Å²) in [6, 6.07) is 9.43. The molecule has 2 N–H and O–H groups in total. The zero-order chi connectivity index (χ0) is 13.7. The van der Waals surface area contributed by atoms with Crippen LogP contribution in [0.3, 0.4) is 0 Å². The zero-order valence-electron chi connectivity index (χ0n) is 11.1. The maximum absolute atomic E-state index is 11.6. The number of nitrogens with one attached hydrogen (secondary N) is 2. The van der Waals surface area contributed by atoms with E-state index in [1.807, 2.05) is 31.2 Å². The van der Waals surface area contributed by atoms with E-state index >= 15 is 0 Å². The average molecular weight is 259 g/mol. The number of nitrogens with zero attached hydrogens (tertiary/aromatic N) is 1. The fourth-order valence-corrected chi connectivity index (χ4v) is 1.80. The van der Waals surface area contributed by atoms with Crippen molar-refractivity contribution in [1.29, 1.82) is 0 Å². The predicted octanol–water partition coefficient (Wildman–Crippen LogP) is 1.55. The molecule has 0 unspecified atom stereocenters. The first-order chi connectivity index (χ1) is 9.24. The highest BCUT2D eigenvalue weighted by Gasteiger charge is 2.05. The second-order valence-electron chi connectivity index (χ2n) is 4.10. The van der Waals surface area contributed by atoms with Crippen molar-refractivity contribution in [1.82, 2.24) is 15.5 Å². The van der Waals surface area contributed by atoms with Gasteiger partial charge in [0, 0.05) is 17.7 Å². The fraction of sp³-hybridized carbons (Fsp3) is 0.286. The van der Waals surface area contributed by atoms with Crippen molar-refractivity contribution in [3.63, 3.8) is 0 Å². The largest absolute Gasteiger partial charge is 0.494 e. The van der Waals surface area contributed by atoms with Crippen molar-refractivity contribution in [2.45, 2.75) is 13.5 Å². The Labute approximate surface area is 111 Å². The van der Waals surface area contributed by atoms with E-state index < -0.39 is 0 Å². The Morgan fingerprint density at radius 3 is 2.68 bits per heavy atom. The van der Waals surface area contributed by atoms with Crippen molar-refractivity contribution in [3.8, 4) is 17.0 Å². The lowest BCUT2D eigenvalue weighted by Gasteiger charge is -2.06. The van der Waals surface area contributed by atoms with Gasteiger partial charge >= 0.3 is 0 Å². The van der Waals surface area contributed by atoms with Crippen LogP contribution in [0, 0.1) is 0 Å². The minimum atomic E-state index is -0.163. The van der Waals surface area contributed by atoms with Crippen LogP contribution in [0.1, 0.15) is 12.5 Å². The lowest BCUT2D eigenvalue weighted by molar-refractivity contribution is 0.340. The number of aromatic nitrogens is 2. The Balaban J connectivity index is 2.30. The minimum absolute atomic E-state index is 0.163. The molecule has 19 heavy (non-hydrogen) atoms. The van der Waals surface area contributed by atoms with Gasteiger partial charge in [-0.2, -0.15) is 5.10 Å². The molecule has 100 valence electrons. The summed E-state index contributed by atoms with van der Waals surface area (Å²) in [5.41, 5.74) is 2.19. The highest BCUT2D eigenvalue weighted by Crippen LogP contribution is 2.20. The number of rotatable bonds is 5. The molecule has 1 aromatic heterocycles. The molecule has 2 rings (SSSR count). The zero-order valence-corrected chi connectivity index (χ0v) is 11.1. The molecule has 1 heterocycles. The lowest BCUT2D eigenvalue weighted by atomic mass is 10.1. The number of hydrogen-bond acceptors (Lipinski definition) is 4. The predicted molar refractivity (Wildman–Crippen MR) is 74.2 cm³/mol. The molecule has 0 saturated carbocycles. The molecule has 0 aliphatic heterocycles. The van der Waals surface area contributed by atoms with Gasteiger partial charge in [-0.05, 0) is 44.3 Å². The summed E-state index contributed by atoms with van der Waals surface area (Å²) < 4.78 is 5.39. The van der Waals surface area contributed by atoms with E-state index in [1.54, 1.807) is 13.1 Å². The highest BCUT2D eigenvalue weighted by atomic mass is 16.5. The van der Waals surface area contributed by atoms with Crippen LogP contribution in [-0.4, -0.2) is 23.9 Å². The molecule has 0 fully saturated rings. The summed E-state index contributed by atoms with van der Waals surface area (Å²) in [5.74, 6) is 0.825. The maximum atomic E-state index is 11.6. The van der Waals surface area contributed by atoms with Crippen molar-refractivity contribution in [2.75, 3.05) is 13.7 Å². The van der Waals surface area contributed by atoms with Gasteiger partial charge in [-0.25, -0.2) is 5.10 Å². The van der Waals surface area contributed by atoms with E-state index in [-0.39, 0.29) is 5.56 Å². The number of H-pyrrole nitrogens is 1.